The number of hydrogen-bond donors (Lipinski definition) is 0. The van der Waals surface area contributed by atoms with Crippen molar-refractivity contribution >= 4 is 44.6 Å². The summed E-state index contributed by atoms with van der Waals surface area (Å²) < 4.78 is 18.1. The van der Waals surface area contributed by atoms with Gasteiger partial charge < -0.3 is 13.9 Å². The van der Waals surface area contributed by atoms with Gasteiger partial charge in [-0.2, -0.15) is 0 Å². The van der Waals surface area contributed by atoms with Gasteiger partial charge in [-0.15, -0.1) is 0 Å². The van der Waals surface area contributed by atoms with Crippen molar-refractivity contribution in [3.05, 3.63) is 81.8 Å². The fourth-order valence-corrected chi connectivity index (χ4v) is 3.62. The number of oxazole rings is 1. The molecule has 0 aliphatic rings. The molecule has 0 aliphatic carbocycles. The molecular formula is C23H17BrClNO4. The van der Waals surface area contributed by atoms with Gasteiger partial charge in [0.15, 0.2) is 5.58 Å². The number of ether oxygens (including phenoxy) is 2. The summed E-state index contributed by atoms with van der Waals surface area (Å²) in [6.45, 7) is 1.99. The highest BCUT2D eigenvalue weighted by Crippen LogP contribution is 2.37. The van der Waals surface area contributed by atoms with E-state index < -0.39 is 12.1 Å². The first kappa shape index (κ1) is 20.4. The van der Waals surface area contributed by atoms with Gasteiger partial charge in [-0.05, 0) is 49.4 Å². The number of aromatic nitrogens is 1. The van der Waals surface area contributed by atoms with E-state index in [1.54, 1.807) is 31.2 Å². The molecule has 1 unspecified atom stereocenters. The molecule has 4 aromatic rings. The average Bonchev–Trinajstić information content (AvgIpc) is 3.17. The summed E-state index contributed by atoms with van der Waals surface area (Å²) in [4.78, 5) is 17.2. The normalized spacial score (nSPS) is 12.0. The van der Waals surface area contributed by atoms with Gasteiger partial charge in [0.05, 0.1) is 12.2 Å². The second kappa shape index (κ2) is 8.90. The Morgan fingerprint density at radius 1 is 1.13 bits per heavy atom. The molecule has 0 amide bonds. The molecule has 1 atom stereocenters. The van der Waals surface area contributed by atoms with Crippen LogP contribution in [0.1, 0.15) is 18.6 Å². The maximum atomic E-state index is 12.7. The van der Waals surface area contributed by atoms with Gasteiger partial charge in [0, 0.05) is 15.1 Å². The molecule has 152 valence electrons. The van der Waals surface area contributed by atoms with E-state index in [9.17, 15) is 4.79 Å². The fraction of sp³-hybridized carbons (Fsp3) is 0.130. The number of esters is 1. The predicted octanol–water partition coefficient (Wildman–Crippen LogP) is 6.59. The van der Waals surface area contributed by atoms with E-state index in [1.807, 2.05) is 42.5 Å². The molecule has 3 aromatic carbocycles. The number of para-hydroxylation sites is 2. The van der Waals surface area contributed by atoms with E-state index in [0.717, 1.165) is 4.47 Å². The summed E-state index contributed by atoms with van der Waals surface area (Å²) in [7, 11) is 0. The number of carbonyl (C=O) groups is 1. The molecule has 0 saturated heterocycles. The average molecular weight is 487 g/mol. The Kier molecular flexibility index (Phi) is 6.06. The van der Waals surface area contributed by atoms with Gasteiger partial charge in [0.1, 0.15) is 11.3 Å². The van der Waals surface area contributed by atoms with Crippen LogP contribution < -0.4 is 4.74 Å². The van der Waals surface area contributed by atoms with E-state index in [4.69, 9.17) is 25.5 Å². The van der Waals surface area contributed by atoms with Crippen molar-refractivity contribution in [3.63, 3.8) is 0 Å². The van der Waals surface area contributed by atoms with Gasteiger partial charge in [0.25, 0.3) is 0 Å². The van der Waals surface area contributed by atoms with Gasteiger partial charge in [-0.1, -0.05) is 51.8 Å². The van der Waals surface area contributed by atoms with Gasteiger partial charge >= 0.3 is 5.97 Å². The second-order valence-electron chi connectivity index (χ2n) is 6.43. The van der Waals surface area contributed by atoms with Crippen LogP contribution in [0.4, 0.5) is 0 Å². The monoisotopic (exact) mass is 485 g/mol. The van der Waals surface area contributed by atoms with Crippen LogP contribution in [0.15, 0.2) is 75.6 Å². The molecule has 30 heavy (non-hydrogen) atoms. The Labute approximate surface area is 186 Å². The third-order valence-corrected chi connectivity index (χ3v) is 5.09. The van der Waals surface area contributed by atoms with Crippen LogP contribution in [-0.2, 0) is 9.53 Å². The molecule has 0 radical (unpaired) electrons. The standard InChI is InChI=1S/C23H17BrClNO4/c1-2-28-23(27)21(14-6-5-7-15(24)12-14)29-19-11-10-16(25)13-17(19)22-26-18-8-3-4-9-20(18)30-22/h3-13,21H,2H2,1H3. The summed E-state index contributed by atoms with van der Waals surface area (Å²) in [5.74, 6) is 0.267. The topological polar surface area (TPSA) is 61.6 Å². The molecule has 0 saturated carbocycles. The van der Waals surface area contributed by atoms with Gasteiger partial charge in [-0.25, -0.2) is 9.78 Å². The van der Waals surface area contributed by atoms with Crippen molar-refractivity contribution in [2.24, 2.45) is 0 Å². The van der Waals surface area contributed by atoms with Crippen molar-refractivity contribution in [3.8, 4) is 17.2 Å². The quantitative estimate of drug-likeness (QED) is 0.288. The molecule has 4 rings (SSSR count). The zero-order chi connectivity index (χ0) is 21.1. The number of carbonyl (C=O) groups excluding carboxylic acids is 1. The molecule has 1 heterocycles. The lowest BCUT2D eigenvalue weighted by Gasteiger charge is -2.19. The van der Waals surface area contributed by atoms with E-state index in [2.05, 4.69) is 20.9 Å². The van der Waals surface area contributed by atoms with E-state index in [-0.39, 0.29) is 6.61 Å². The fourth-order valence-electron chi connectivity index (χ4n) is 3.03. The maximum Gasteiger partial charge on any atom is 0.352 e. The van der Waals surface area contributed by atoms with Crippen molar-refractivity contribution < 1.29 is 18.7 Å². The first-order valence-electron chi connectivity index (χ1n) is 9.29. The Morgan fingerprint density at radius 2 is 1.97 bits per heavy atom. The van der Waals surface area contributed by atoms with Crippen molar-refractivity contribution in [1.29, 1.82) is 0 Å². The highest BCUT2D eigenvalue weighted by Gasteiger charge is 2.26. The highest BCUT2D eigenvalue weighted by molar-refractivity contribution is 9.10. The first-order chi connectivity index (χ1) is 14.5. The highest BCUT2D eigenvalue weighted by atomic mass is 79.9. The van der Waals surface area contributed by atoms with Crippen LogP contribution in [0.25, 0.3) is 22.6 Å². The molecule has 0 fully saturated rings. The molecule has 5 nitrogen and oxygen atoms in total. The van der Waals surface area contributed by atoms with Crippen LogP contribution in [0.2, 0.25) is 5.02 Å². The Hall–Kier alpha value is -2.83. The van der Waals surface area contributed by atoms with Crippen molar-refractivity contribution in [2.75, 3.05) is 6.61 Å². The third-order valence-electron chi connectivity index (χ3n) is 4.36. The predicted molar refractivity (Wildman–Crippen MR) is 119 cm³/mol. The van der Waals surface area contributed by atoms with Crippen LogP contribution >= 0.6 is 27.5 Å². The summed E-state index contributed by atoms with van der Waals surface area (Å²) in [6, 6.07) is 19.9. The van der Waals surface area contributed by atoms with Crippen LogP contribution in [0, 0.1) is 0 Å². The Balaban J connectivity index is 1.77. The minimum atomic E-state index is -0.966. The largest absolute Gasteiger partial charge is 0.473 e. The van der Waals surface area contributed by atoms with E-state index >= 15 is 0 Å². The molecular weight excluding hydrogens is 470 g/mol. The second-order valence-corrected chi connectivity index (χ2v) is 7.78. The van der Waals surface area contributed by atoms with Gasteiger partial charge in [0.2, 0.25) is 12.0 Å². The molecule has 0 N–H and O–H groups in total. The number of fused-ring (bicyclic) bond motifs is 1. The number of halogens is 2. The van der Waals surface area contributed by atoms with E-state index in [1.165, 1.54) is 0 Å². The number of nitrogens with zero attached hydrogens (tertiary/aromatic N) is 1. The Bertz CT molecular complexity index is 1170. The Morgan fingerprint density at radius 3 is 2.73 bits per heavy atom. The van der Waals surface area contributed by atoms with Crippen molar-refractivity contribution in [2.45, 2.75) is 13.0 Å². The van der Waals surface area contributed by atoms with Crippen LogP contribution in [0.3, 0.4) is 0 Å². The summed E-state index contributed by atoms with van der Waals surface area (Å²) in [5, 5.41) is 0.495. The lowest BCUT2D eigenvalue weighted by Crippen LogP contribution is -2.21. The first-order valence-corrected chi connectivity index (χ1v) is 10.5. The number of rotatable bonds is 6. The summed E-state index contributed by atoms with van der Waals surface area (Å²) in [6.07, 6.45) is -0.966. The minimum absolute atomic E-state index is 0.241. The lowest BCUT2D eigenvalue weighted by atomic mass is 10.1. The smallest absolute Gasteiger partial charge is 0.352 e. The van der Waals surface area contributed by atoms with Crippen LogP contribution in [0.5, 0.6) is 5.75 Å². The summed E-state index contributed by atoms with van der Waals surface area (Å²) in [5.41, 5.74) is 2.56. The van der Waals surface area contributed by atoms with Crippen LogP contribution in [-0.4, -0.2) is 17.6 Å². The molecule has 1 aromatic heterocycles. The lowest BCUT2D eigenvalue weighted by molar-refractivity contribution is -0.151. The maximum absolute atomic E-state index is 12.7. The minimum Gasteiger partial charge on any atom is -0.473 e. The summed E-state index contributed by atoms with van der Waals surface area (Å²) >= 11 is 9.66. The third kappa shape index (κ3) is 4.35. The molecule has 0 bridgehead atoms. The SMILES string of the molecule is CCOC(=O)C(Oc1ccc(Cl)cc1-c1nc2ccccc2o1)c1cccc(Br)c1. The van der Waals surface area contributed by atoms with Crippen molar-refractivity contribution in [1.82, 2.24) is 4.98 Å². The zero-order valence-corrected chi connectivity index (χ0v) is 18.3. The molecule has 7 heteroatoms. The zero-order valence-electron chi connectivity index (χ0n) is 16.0. The van der Waals surface area contributed by atoms with Gasteiger partial charge in [-0.3, -0.25) is 0 Å². The van der Waals surface area contributed by atoms with E-state index in [0.29, 0.717) is 38.9 Å². The molecule has 0 spiro atoms. The number of benzene rings is 3. The number of hydrogen-bond acceptors (Lipinski definition) is 5. The molecule has 0 aliphatic heterocycles.